The van der Waals surface area contributed by atoms with Gasteiger partial charge in [-0.1, -0.05) is 6.07 Å². The number of anilines is 1. The number of hydrogen-bond acceptors (Lipinski definition) is 3. The summed E-state index contributed by atoms with van der Waals surface area (Å²) in [7, 11) is 0. The molecule has 0 radical (unpaired) electrons. The monoisotopic (exact) mass is 321 g/mol. The second-order valence-corrected chi connectivity index (χ2v) is 5.53. The van der Waals surface area contributed by atoms with E-state index in [1.165, 1.54) is 6.07 Å². The second-order valence-electron chi connectivity index (χ2n) is 5.53. The van der Waals surface area contributed by atoms with Crippen LogP contribution in [0, 0.1) is 5.82 Å². The van der Waals surface area contributed by atoms with Crippen molar-refractivity contribution in [3.63, 3.8) is 0 Å². The van der Waals surface area contributed by atoms with E-state index in [0.29, 0.717) is 0 Å². The molecule has 8 heteroatoms. The van der Waals surface area contributed by atoms with Crippen LogP contribution in [0.2, 0.25) is 0 Å². The van der Waals surface area contributed by atoms with E-state index in [4.69, 9.17) is 4.74 Å². The number of ether oxygens (including phenoxy) is 1. The second kappa shape index (κ2) is 6.33. The molecule has 0 saturated heterocycles. The predicted octanol–water partition coefficient (Wildman–Crippen LogP) is 3.85. The first-order chi connectivity index (χ1) is 9.88. The molecule has 4 nitrogen and oxygen atoms in total. The zero-order valence-corrected chi connectivity index (χ0v) is 12.2. The minimum absolute atomic E-state index is 0.00922. The molecule has 0 aliphatic carbocycles. The summed E-state index contributed by atoms with van der Waals surface area (Å²) >= 11 is 0. The first-order valence-electron chi connectivity index (χ1n) is 6.27. The first-order valence-corrected chi connectivity index (χ1v) is 6.27. The van der Waals surface area contributed by atoms with E-state index < -0.39 is 41.5 Å². The van der Waals surface area contributed by atoms with Crippen molar-refractivity contribution in [2.45, 2.75) is 39.0 Å². The van der Waals surface area contributed by atoms with Crippen molar-refractivity contribution in [1.82, 2.24) is 0 Å². The highest BCUT2D eigenvalue weighted by molar-refractivity contribution is 5.87. The van der Waals surface area contributed by atoms with Crippen LogP contribution in [0.5, 0.6) is 0 Å². The Balaban J connectivity index is 2.78. The summed E-state index contributed by atoms with van der Waals surface area (Å²) in [4.78, 5) is 22.3. The van der Waals surface area contributed by atoms with Crippen LogP contribution in [-0.4, -0.2) is 23.7 Å². The number of rotatable bonds is 3. The lowest BCUT2D eigenvalue weighted by atomic mass is 10.1. The summed E-state index contributed by atoms with van der Waals surface area (Å²) in [5, 5.41) is 2.24. The molecule has 1 aromatic carbocycles. The van der Waals surface area contributed by atoms with Gasteiger partial charge in [0.25, 0.3) is 0 Å². The Hall–Kier alpha value is -2.12. The SMILES string of the molecule is CC(C)(C)OC(=O)Nc1ccc(CC(=O)C(F)(F)F)c(F)c1. The average Bonchev–Trinajstić information content (AvgIpc) is 2.28. The van der Waals surface area contributed by atoms with Crippen LogP contribution in [0.4, 0.5) is 28.0 Å². The van der Waals surface area contributed by atoms with Crippen LogP contribution in [0.3, 0.4) is 0 Å². The summed E-state index contributed by atoms with van der Waals surface area (Å²) in [6.45, 7) is 4.91. The number of amides is 1. The van der Waals surface area contributed by atoms with Crippen LogP contribution in [-0.2, 0) is 16.0 Å². The molecule has 0 aromatic heterocycles. The number of benzene rings is 1. The molecule has 22 heavy (non-hydrogen) atoms. The Morgan fingerprint density at radius 1 is 1.18 bits per heavy atom. The third kappa shape index (κ3) is 5.71. The Morgan fingerprint density at radius 3 is 2.23 bits per heavy atom. The molecule has 0 unspecified atom stereocenters. The van der Waals surface area contributed by atoms with Gasteiger partial charge in [0.15, 0.2) is 0 Å². The largest absolute Gasteiger partial charge is 0.450 e. The first kappa shape index (κ1) is 17.9. The maximum absolute atomic E-state index is 13.7. The van der Waals surface area contributed by atoms with Crippen LogP contribution in [0.25, 0.3) is 0 Å². The summed E-state index contributed by atoms with van der Waals surface area (Å²) in [5.74, 6) is -3.06. The normalized spacial score (nSPS) is 12.0. The Morgan fingerprint density at radius 2 is 1.77 bits per heavy atom. The number of alkyl halides is 3. The molecule has 0 bridgehead atoms. The lowest BCUT2D eigenvalue weighted by Crippen LogP contribution is -2.27. The van der Waals surface area contributed by atoms with E-state index in [0.717, 1.165) is 12.1 Å². The molecule has 1 amide bonds. The number of carbonyl (C=O) groups is 2. The van der Waals surface area contributed by atoms with Crippen molar-refractivity contribution < 1.29 is 31.9 Å². The molecule has 0 saturated carbocycles. The summed E-state index contributed by atoms with van der Waals surface area (Å²) in [5.41, 5.74) is -1.14. The fourth-order valence-electron chi connectivity index (χ4n) is 1.46. The molecule has 0 spiro atoms. The maximum atomic E-state index is 13.7. The van der Waals surface area contributed by atoms with Crippen molar-refractivity contribution in [3.8, 4) is 0 Å². The highest BCUT2D eigenvalue weighted by Gasteiger charge is 2.38. The summed E-state index contributed by atoms with van der Waals surface area (Å²) in [6.07, 6.45) is -6.94. The highest BCUT2D eigenvalue weighted by Crippen LogP contribution is 2.22. The molecule has 0 aliphatic rings. The Labute approximate surface area is 124 Å². The number of hydrogen-bond donors (Lipinski definition) is 1. The molecule has 122 valence electrons. The molecule has 0 aliphatic heterocycles. The summed E-state index contributed by atoms with van der Waals surface area (Å²) < 4.78 is 55.0. The van der Waals surface area contributed by atoms with Gasteiger partial charge in [-0.05, 0) is 38.5 Å². The van der Waals surface area contributed by atoms with E-state index in [9.17, 15) is 27.2 Å². The quantitative estimate of drug-likeness (QED) is 0.861. The van der Waals surface area contributed by atoms with Gasteiger partial charge in [-0.15, -0.1) is 0 Å². The maximum Gasteiger partial charge on any atom is 0.450 e. The zero-order chi connectivity index (χ0) is 17.1. The molecule has 1 aromatic rings. The van der Waals surface area contributed by atoms with Gasteiger partial charge in [0, 0.05) is 12.1 Å². The fraction of sp³-hybridized carbons (Fsp3) is 0.429. The number of nitrogens with one attached hydrogen (secondary N) is 1. The van der Waals surface area contributed by atoms with Gasteiger partial charge in [-0.25, -0.2) is 9.18 Å². The minimum atomic E-state index is -5.01. The number of ketones is 1. The molecular formula is C14H15F4NO3. The van der Waals surface area contributed by atoms with Crippen molar-refractivity contribution in [3.05, 3.63) is 29.6 Å². The van der Waals surface area contributed by atoms with E-state index in [-0.39, 0.29) is 5.69 Å². The van der Waals surface area contributed by atoms with Gasteiger partial charge in [-0.3, -0.25) is 10.1 Å². The molecular weight excluding hydrogens is 306 g/mol. The van der Waals surface area contributed by atoms with E-state index in [2.05, 4.69) is 5.32 Å². The molecule has 1 N–H and O–H groups in total. The molecule has 0 fully saturated rings. The molecule has 1 rings (SSSR count). The van der Waals surface area contributed by atoms with E-state index in [1.807, 2.05) is 0 Å². The highest BCUT2D eigenvalue weighted by atomic mass is 19.4. The van der Waals surface area contributed by atoms with Crippen molar-refractivity contribution >= 4 is 17.6 Å². The third-order valence-electron chi connectivity index (χ3n) is 2.37. The third-order valence-corrected chi connectivity index (χ3v) is 2.37. The lowest BCUT2D eigenvalue weighted by molar-refractivity contribution is -0.170. The van der Waals surface area contributed by atoms with Gasteiger partial charge < -0.3 is 4.74 Å². The van der Waals surface area contributed by atoms with Crippen molar-refractivity contribution in [2.75, 3.05) is 5.32 Å². The minimum Gasteiger partial charge on any atom is -0.444 e. The van der Waals surface area contributed by atoms with E-state index >= 15 is 0 Å². The molecule has 0 heterocycles. The van der Waals surface area contributed by atoms with Crippen LogP contribution in [0.15, 0.2) is 18.2 Å². The van der Waals surface area contributed by atoms with Crippen LogP contribution in [0.1, 0.15) is 26.3 Å². The van der Waals surface area contributed by atoms with Gasteiger partial charge in [0.2, 0.25) is 5.78 Å². The number of carbonyl (C=O) groups excluding carboxylic acids is 2. The number of halogens is 4. The predicted molar refractivity (Wildman–Crippen MR) is 71.0 cm³/mol. The summed E-state index contributed by atoms with van der Waals surface area (Å²) in [6, 6.07) is 3.01. The Bertz CT molecular complexity index is 576. The molecule has 0 atom stereocenters. The van der Waals surface area contributed by atoms with Crippen LogP contribution < -0.4 is 5.32 Å². The topological polar surface area (TPSA) is 55.4 Å². The van der Waals surface area contributed by atoms with Gasteiger partial charge in [0.05, 0.1) is 0 Å². The number of Topliss-reactive ketones (excluding diaryl/α,β-unsaturated/α-hetero) is 1. The van der Waals surface area contributed by atoms with Gasteiger partial charge >= 0.3 is 12.3 Å². The van der Waals surface area contributed by atoms with Gasteiger partial charge in [-0.2, -0.15) is 13.2 Å². The fourth-order valence-corrected chi connectivity index (χ4v) is 1.46. The van der Waals surface area contributed by atoms with Crippen molar-refractivity contribution in [1.29, 1.82) is 0 Å². The van der Waals surface area contributed by atoms with E-state index in [1.54, 1.807) is 20.8 Å². The smallest absolute Gasteiger partial charge is 0.444 e. The average molecular weight is 321 g/mol. The zero-order valence-electron chi connectivity index (χ0n) is 12.2. The van der Waals surface area contributed by atoms with Crippen LogP contribution >= 0.6 is 0 Å². The van der Waals surface area contributed by atoms with Crippen molar-refractivity contribution in [2.24, 2.45) is 0 Å². The Kier molecular flexibility index (Phi) is 5.16. The standard InChI is InChI=1S/C14H15F4NO3/c1-13(2,3)22-12(21)19-9-5-4-8(10(15)7-9)6-11(20)14(16,17)18/h4-5,7H,6H2,1-3H3,(H,19,21). The lowest BCUT2D eigenvalue weighted by Gasteiger charge is -2.19. The van der Waals surface area contributed by atoms with Gasteiger partial charge in [0.1, 0.15) is 11.4 Å².